The molecule has 0 saturated heterocycles. The molecule has 1 fully saturated rings. The molecule has 4 nitrogen and oxygen atoms in total. The van der Waals surface area contributed by atoms with Crippen molar-refractivity contribution < 1.29 is 14.4 Å². The molecule has 0 amide bonds. The SMILES string of the molecule is COC(=O)C12CCC(SC)C1C(C(C)(C)C)=NO2. The molecule has 0 aromatic rings. The lowest BCUT2D eigenvalue weighted by atomic mass is 9.76. The maximum absolute atomic E-state index is 12.1. The van der Waals surface area contributed by atoms with Crippen molar-refractivity contribution in [2.24, 2.45) is 16.5 Å². The summed E-state index contributed by atoms with van der Waals surface area (Å²) in [4.78, 5) is 17.7. The number of fused-ring (bicyclic) bond motifs is 1. The third kappa shape index (κ3) is 1.83. The Balaban J connectivity index is 2.39. The lowest BCUT2D eigenvalue weighted by Crippen LogP contribution is -2.47. The Bertz CT molecular complexity index is 388. The van der Waals surface area contributed by atoms with Crippen LogP contribution in [0.2, 0.25) is 0 Å². The Kier molecular flexibility index (Phi) is 3.38. The van der Waals surface area contributed by atoms with E-state index in [2.05, 4.69) is 32.2 Å². The zero-order valence-corrected chi connectivity index (χ0v) is 12.5. The van der Waals surface area contributed by atoms with Gasteiger partial charge in [-0.2, -0.15) is 11.8 Å². The van der Waals surface area contributed by atoms with E-state index in [1.165, 1.54) is 7.11 Å². The quantitative estimate of drug-likeness (QED) is 0.724. The van der Waals surface area contributed by atoms with Crippen molar-refractivity contribution in [3.63, 3.8) is 0 Å². The van der Waals surface area contributed by atoms with Crippen LogP contribution in [0.4, 0.5) is 0 Å². The van der Waals surface area contributed by atoms with E-state index >= 15 is 0 Å². The number of hydrogen-bond acceptors (Lipinski definition) is 5. The average Bonchev–Trinajstić information content (AvgIpc) is 2.83. The van der Waals surface area contributed by atoms with Gasteiger partial charge in [-0.25, -0.2) is 4.79 Å². The third-order valence-electron chi connectivity index (χ3n) is 3.88. The monoisotopic (exact) mass is 271 g/mol. The summed E-state index contributed by atoms with van der Waals surface area (Å²) in [5, 5.41) is 4.61. The Morgan fingerprint density at radius 2 is 2.22 bits per heavy atom. The molecule has 1 saturated carbocycles. The van der Waals surface area contributed by atoms with Crippen LogP contribution in [0.25, 0.3) is 0 Å². The number of carbonyl (C=O) groups is 1. The molecule has 18 heavy (non-hydrogen) atoms. The zero-order chi connectivity index (χ0) is 13.6. The first kappa shape index (κ1) is 13.7. The summed E-state index contributed by atoms with van der Waals surface area (Å²) in [6.45, 7) is 6.33. The first-order valence-electron chi connectivity index (χ1n) is 6.24. The van der Waals surface area contributed by atoms with Gasteiger partial charge in [-0.3, -0.25) is 0 Å². The summed E-state index contributed by atoms with van der Waals surface area (Å²) in [6, 6.07) is 0. The smallest absolute Gasteiger partial charge is 0.353 e. The molecule has 3 unspecified atom stereocenters. The topological polar surface area (TPSA) is 47.9 Å². The average molecular weight is 271 g/mol. The zero-order valence-electron chi connectivity index (χ0n) is 11.6. The molecular formula is C13H21NO3S. The van der Waals surface area contributed by atoms with Crippen molar-refractivity contribution in [2.75, 3.05) is 13.4 Å². The minimum atomic E-state index is -0.870. The van der Waals surface area contributed by atoms with Gasteiger partial charge in [0, 0.05) is 17.1 Å². The van der Waals surface area contributed by atoms with Crippen molar-refractivity contribution >= 4 is 23.4 Å². The van der Waals surface area contributed by atoms with Gasteiger partial charge in [0.2, 0.25) is 5.60 Å². The molecule has 5 heteroatoms. The molecule has 102 valence electrons. The Hall–Kier alpha value is -0.710. The van der Waals surface area contributed by atoms with Crippen molar-refractivity contribution in [2.45, 2.75) is 44.5 Å². The number of thioether (sulfide) groups is 1. The molecule has 3 atom stereocenters. The van der Waals surface area contributed by atoms with Gasteiger partial charge in [0.1, 0.15) is 0 Å². The first-order chi connectivity index (χ1) is 8.36. The summed E-state index contributed by atoms with van der Waals surface area (Å²) >= 11 is 1.79. The van der Waals surface area contributed by atoms with E-state index in [0.29, 0.717) is 11.7 Å². The first-order valence-corrected chi connectivity index (χ1v) is 7.53. The maximum Gasteiger partial charge on any atom is 0.353 e. The molecule has 2 aliphatic rings. The highest BCUT2D eigenvalue weighted by Crippen LogP contribution is 2.51. The largest absolute Gasteiger partial charge is 0.466 e. The van der Waals surface area contributed by atoms with Gasteiger partial charge in [0.15, 0.2) is 0 Å². The van der Waals surface area contributed by atoms with Gasteiger partial charge in [-0.1, -0.05) is 25.9 Å². The summed E-state index contributed by atoms with van der Waals surface area (Å²) in [6.07, 6.45) is 3.74. The molecule has 0 radical (unpaired) electrons. The number of carbonyl (C=O) groups excluding carboxylic acids is 1. The standard InChI is InChI=1S/C13H21NO3S/c1-12(2,3)10-9-8(18-5)6-7-13(9,17-14-10)11(15)16-4/h8-9H,6-7H2,1-5H3. The Morgan fingerprint density at radius 1 is 1.56 bits per heavy atom. The third-order valence-corrected chi connectivity index (χ3v) is 4.99. The minimum absolute atomic E-state index is 0.0416. The van der Waals surface area contributed by atoms with E-state index in [1.54, 1.807) is 11.8 Å². The molecule has 1 aliphatic carbocycles. The van der Waals surface area contributed by atoms with E-state index in [4.69, 9.17) is 9.57 Å². The number of nitrogens with zero attached hydrogens (tertiary/aromatic N) is 1. The normalized spacial score (nSPS) is 34.8. The van der Waals surface area contributed by atoms with Crippen LogP contribution < -0.4 is 0 Å². The van der Waals surface area contributed by atoms with Crippen molar-refractivity contribution in [3.05, 3.63) is 0 Å². The number of oxime groups is 1. The second-order valence-corrected chi connectivity index (χ2v) is 7.07. The molecule has 0 bridgehead atoms. The lowest BCUT2D eigenvalue weighted by molar-refractivity contribution is -0.168. The van der Waals surface area contributed by atoms with Gasteiger partial charge >= 0.3 is 5.97 Å². The van der Waals surface area contributed by atoms with Crippen molar-refractivity contribution in [1.29, 1.82) is 0 Å². The van der Waals surface area contributed by atoms with Crippen molar-refractivity contribution in [1.82, 2.24) is 0 Å². The van der Waals surface area contributed by atoms with Crippen LogP contribution in [0, 0.1) is 11.3 Å². The fourth-order valence-corrected chi connectivity index (χ4v) is 3.94. The molecule has 0 N–H and O–H groups in total. The summed E-state index contributed by atoms with van der Waals surface area (Å²) in [5.41, 5.74) is 0.0359. The van der Waals surface area contributed by atoms with E-state index in [1.807, 2.05) is 0 Å². The van der Waals surface area contributed by atoms with Gasteiger partial charge in [-0.05, 0) is 12.7 Å². The molecular weight excluding hydrogens is 250 g/mol. The van der Waals surface area contributed by atoms with Crippen LogP contribution in [-0.2, 0) is 14.4 Å². The maximum atomic E-state index is 12.1. The van der Waals surface area contributed by atoms with Gasteiger partial charge in [0.25, 0.3) is 0 Å². The van der Waals surface area contributed by atoms with Crippen LogP contribution >= 0.6 is 11.8 Å². The van der Waals surface area contributed by atoms with Crippen molar-refractivity contribution in [3.8, 4) is 0 Å². The minimum Gasteiger partial charge on any atom is -0.466 e. The molecule has 0 aromatic carbocycles. The molecule has 0 spiro atoms. The van der Waals surface area contributed by atoms with Crippen LogP contribution in [0.1, 0.15) is 33.6 Å². The van der Waals surface area contributed by atoms with Crippen LogP contribution in [-0.4, -0.2) is 35.9 Å². The number of methoxy groups -OCH3 is 1. The number of rotatable bonds is 2. The highest BCUT2D eigenvalue weighted by Gasteiger charge is 2.63. The van der Waals surface area contributed by atoms with Crippen LogP contribution in [0.3, 0.4) is 0 Å². The molecule has 0 aromatic heterocycles. The van der Waals surface area contributed by atoms with Gasteiger partial charge < -0.3 is 9.57 Å². The fourth-order valence-electron chi connectivity index (χ4n) is 2.96. The number of esters is 1. The van der Waals surface area contributed by atoms with E-state index in [0.717, 1.165) is 12.1 Å². The summed E-state index contributed by atoms with van der Waals surface area (Å²) < 4.78 is 4.95. The highest BCUT2D eigenvalue weighted by molar-refractivity contribution is 7.99. The summed E-state index contributed by atoms with van der Waals surface area (Å²) in [5.74, 6) is -0.244. The number of ether oxygens (including phenoxy) is 1. The van der Waals surface area contributed by atoms with Gasteiger partial charge in [-0.15, -0.1) is 0 Å². The highest BCUT2D eigenvalue weighted by atomic mass is 32.2. The lowest BCUT2D eigenvalue weighted by Gasteiger charge is -2.29. The van der Waals surface area contributed by atoms with Gasteiger partial charge in [0.05, 0.1) is 18.7 Å². The number of hydrogen-bond donors (Lipinski definition) is 0. The second-order valence-electron chi connectivity index (χ2n) is 5.99. The van der Waals surface area contributed by atoms with E-state index in [9.17, 15) is 4.79 Å². The predicted molar refractivity (Wildman–Crippen MR) is 72.7 cm³/mol. The van der Waals surface area contributed by atoms with E-state index in [-0.39, 0.29) is 17.3 Å². The summed E-state index contributed by atoms with van der Waals surface area (Å²) in [7, 11) is 1.42. The molecule has 1 aliphatic heterocycles. The Morgan fingerprint density at radius 3 is 2.72 bits per heavy atom. The predicted octanol–water partition coefficient (Wildman–Crippen LogP) is 2.47. The molecule has 2 rings (SSSR count). The fraction of sp³-hybridized carbons (Fsp3) is 0.846. The van der Waals surface area contributed by atoms with Crippen LogP contribution in [0.15, 0.2) is 5.16 Å². The second kappa shape index (κ2) is 4.44. The molecule has 1 heterocycles. The van der Waals surface area contributed by atoms with Crippen LogP contribution in [0.5, 0.6) is 0 Å². The Labute approximate surface area is 112 Å². The van der Waals surface area contributed by atoms with E-state index < -0.39 is 5.60 Å².